The first-order valence-electron chi connectivity index (χ1n) is 4.33. The highest BCUT2D eigenvalue weighted by Gasteiger charge is 2.40. The minimum absolute atomic E-state index is 0.274. The van der Waals surface area contributed by atoms with E-state index < -0.39 is 31.0 Å². The molecule has 0 saturated carbocycles. The summed E-state index contributed by atoms with van der Waals surface area (Å²) in [7, 11) is 0. The van der Waals surface area contributed by atoms with Crippen molar-refractivity contribution in [3.63, 3.8) is 0 Å². The van der Waals surface area contributed by atoms with Crippen LogP contribution in [0.25, 0.3) is 0 Å². The van der Waals surface area contributed by atoms with Crippen molar-refractivity contribution in [2.75, 3.05) is 6.61 Å². The molecule has 0 aliphatic heterocycles. The van der Waals surface area contributed by atoms with Gasteiger partial charge >= 0.3 is 12.1 Å². The van der Waals surface area contributed by atoms with Crippen LogP contribution in [0.2, 0.25) is 0 Å². The van der Waals surface area contributed by atoms with Gasteiger partial charge in [-0.15, -0.1) is 0 Å². The van der Waals surface area contributed by atoms with Gasteiger partial charge in [0.05, 0.1) is 6.42 Å². The van der Waals surface area contributed by atoms with Gasteiger partial charge in [0.1, 0.15) is 0 Å². The number of alkyl halides is 3. The largest absolute Gasteiger partial charge is 0.436 e. The molecule has 0 amide bonds. The highest BCUT2D eigenvalue weighted by Crippen LogP contribution is 2.22. The third kappa shape index (κ3) is 6.29. The van der Waals surface area contributed by atoms with Crippen molar-refractivity contribution in [3.8, 4) is 0 Å². The fourth-order valence-corrected chi connectivity index (χ4v) is 0.776. The summed E-state index contributed by atoms with van der Waals surface area (Å²) in [4.78, 5) is 10.8. The lowest BCUT2D eigenvalue weighted by Crippen LogP contribution is -2.32. The molecule has 4 nitrogen and oxygen atoms in total. The third-order valence-corrected chi connectivity index (χ3v) is 1.44. The second-order valence-corrected chi connectivity index (χ2v) is 2.77. The molecule has 1 N–H and O–H groups in total. The van der Waals surface area contributed by atoms with Crippen molar-refractivity contribution < 1.29 is 32.5 Å². The van der Waals surface area contributed by atoms with Crippen molar-refractivity contribution in [2.45, 2.75) is 38.8 Å². The molecule has 90 valence electrons. The average molecular weight is 230 g/mol. The summed E-state index contributed by atoms with van der Waals surface area (Å²) in [5, 5.41) is 8.53. The van der Waals surface area contributed by atoms with Gasteiger partial charge < -0.3 is 14.6 Å². The molecule has 0 rings (SSSR count). The van der Waals surface area contributed by atoms with E-state index in [9.17, 15) is 18.0 Å². The number of halogens is 3. The van der Waals surface area contributed by atoms with Crippen LogP contribution in [-0.2, 0) is 14.3 Å². The second kappa shape index (κ2) is 5.92. The topological polar surface area (TPSA) is 55.8 Å². The van der Waals surface area contributed by atoms with Crippen molar-refractivity contribution >= 4 is 5.97 Å². The maximum atomic E-state index is 11.8. The Balaban J connectivity index is 3.94. The Morgan fingerprint density at radius 2 is 2.00 bits per heavy atom. The molecule has 0 aromatic heterocycles. The first-order valence-corrected chi connectivity index (χ1v) is 4.33. The van der Waals surface area contributed by atoms with Gasteiger partial charge in [-0.25, -0.2) is 0 Å². The van der Waals surface area contributed by atoms with E-state index in [0.717, 1.165) is 0 Å². The molecule has 0 aromatic carbocycles. The Bertz CT molecular complexity index is 205. The number of ether oxygens (including phenoxy) is 2. The maximum absolute atomic E-state index is 11.8. The molecule has 0 spiro atoms. The molecule has 0 aromatic rings. The molecule has 0 saturated heterocycles. The van der Waals surface area contributed by atoms with Crippen molar-refractivity contribution in [2.24, 2.45) is 0 Å². The number of esters is 1. The van der Waals surface area contributed by atoms with Crippen molar-refractivity contribution in [1.82, 2.24) is 0 Å². The van der Waals surface area contributed by atoms with Gasteiger partial charge in [-0.1, -0.05) is 0 Å². The molecule has 0 bridgehead atoms. The van der Waals surface area contributed by atoms with Crippen LogP contribution in [0.15, 0.2) is 0 Å². The van der Waals surface area contributed by atoms with Gasteiger partial charge in [-0.2, -0.15) is 13.2 Å². The highest BCUT2D eigenvalue weighted by atomic mass is 19.4. The fraction of sp³-hybridized carbons (Fsp3) is 0.875. The predicted octanol–water partition coefficient (Wildman–Crippen LogP) is 1.23. The normalized spacial score (nSPS) is 15.9. The molecule has 0 aliphatic carbocycles. The van der Waals surface area contributed by atoms with Gasteiger partial charge in [0.25, 0.3) is 0 Å². The standard InChI is InChI=1S/C8H13F3O4/c1-3-14-5(2)15-7(13)4-6(12)8(9,10)11/h5-6,12H,3-4H2,1-2H3. The Labute approximate surface area is 85.0 Å². The Morgan fingerprint density at radius 3 is 2.40 bits per heavy atom. The number of aliphatic hydroxyl groups is 1. The first kappa shape index (κ1) is 14.2. The number of carbonyl (C=O) groups excluding carboxylic acids is 1. The van der Waals surface area contributed by atoms with Crippen LogP contribution in [0.5, 0.6) is 0 Å². The zero-order valence-electron chi connectivity index (χ0n) is 8.37. The smallest absolute Gasteiger partial charge is 0.414 e. The zero-order chi connectivity index (χ0) is 12.1. The van der Waals surface area contributed by atoms with Crippen LogP contribution in [0.3, 0.4) is 0 Å². The monoisotopic (exact) mass is 230 g/mol. The minimum Gasteiger partial charge on any atom is -0.436 e. The SMILES string of the molecule is CCOC(C)OC(=O)CC(O)C(F)(F)F. The fourth-order valence-electron chi connectivity index (χ4n) is 0.776. The summed E-state index contributed by atoms with van der Waals surface area (Å²) in [5.74, 6) is -1.15. The molecule has 7 heteroatoms. The minimum atomic E-state index is -4.81. The molecular formula is C8H13F3O4. The summed E-state index contributed by atoms with van der Waals surface area (Å²) in [6.45, 7) is 3.30. The van der Waals surface area contributed by atoms with Gasteiger partial charge in [0, 0.05) is 6.61 Å². The number of hydrogen-bond donors (Lipinski definition) is 1. The average Bonchev–Trinajstić information content (AvgIpc) is 2.01. The van der Waals surface area contributed by atoms with E-state index in [1.54, 1.807) is 6.92 Å². The van der Waals surface area contributed by atoms with Crippen LogP contribution in [-0.4, -0.2) is 36.3 Å². The Kier molecular flexibility index (Phi) is 5.59. The third-order valence-electron chi connectivity index (χ3n) is 1.44. The van der Waals surface area contributed by atoms with E-state index in [1.165, 1.54) is 6.92 Å². The van der Waals surface area contributed by atoms with E-state index in [1.807, 2.05) is 0 Å². The summed E-state index contributed by atoms with van der Waals surface area (Å²) in [5.41, 5.74) is 0. The van der Waals surface area contributed by atoms with E-state index in [-0.39, 0.29) is 6.61 Å². The molecule has 0 heterocycles. The lowest BCUT2D eigenvalue weighted by atomic mass is 10.2. The summed E-state index contributed by atoms with van der Waals surface area (Å²) in [6.07, 6.45) is -9.55. The van der Waals surface area contributed by atoms with Crippen LogP contribution < -0.4 is 0 Å². The Hall–Kier alpha value is -0.820. The Morgan fingerprint density at radius 1 is 1.47 bits per heavy atom. The number of aliphatic hydroxyl groups excluding tert-OH is 1. The van der Waals surface area contributed by atoms with Crippen LogP contribution in [0.4, 0.5) is 13.2 Å². The zero-order valence-corrected chi connectivity index (χ0v) is 8.37. The molecule has 0 radical (unpaired) electrons. The molecular weight excluding hydrogens is 217 g/mol. The number of rotatable bonds is 5. The summed E-state index contributed by atoms with van der Waals surface area (Å²) in [6, 6.07) is 0. The summed E-state index contributed by atoms with van der Waals surface area (Å²) < 4.78 is 44.6. The lowest BCUT2D eigenvalue weighted by molar-refractivity contribution is -0.215. The van der Waals surface area contributed by atoms with E-state index in [0.29, 0.717) is 0 Å². The van der Waals surface area contributed by atoms with Crippen LogP contribution >= 0.6 is 0 Å². The summed E-state index contributed by atoms with van der Waals surface area (Å²) >= 11 is 0. The van der Waals surface area contributed by atoms with E-state index in [2.05, 4.69) is 4.74 Å². The molecule has 0 fully saturated rings. The van der Waals surface area contributed by atoms with E-state index in [4.69, 9.17) is 9.84 Å². The van der Waals surface area contributed by atoms with Crippen LogP contribution in [0.1, 0.15) is 20.3 Å². The molecule has 2 atom stereocenters. The molecule has 15 heavy (non-hydrogen) atoms. The highest BCUT2D eigenvalue weighted by molar-refractivity contribution is 5.70. The molecule has 0 aliphatic rings. The number of hydrogen-bond acceptors (Lipinski definition) is 4. The van der Waals surface area contributed by atoms with E-state index >= 15 is 0 Å². The van der Waals surface area contributed by atoms with Crippen molar-refractivity contribution in [3.05, 3.63) is 0 Å². The van der Waals surface area contributed by atoms with Gasteiger partial charge in [0.15, 0.2) is 12.4 Å². The molecule has 2 unspecified atom stereocenters. The van der Waals surface area contributed by atoms with Gasteiger partial charge in [-0.05, 0) is 13.8 Å². The van der Waals surface area contributed by atoms with Gasteiger partial charge in [-0.3, -0.25) is 4.79 Å². The van der Waals surface area contributed by atoms with Crippen molar-refractivity contribution in [1.29, 1.82) is 0 Å². The maximum Gasteiger partial charge on any atom is 0.414 e. The quantitative estimate of drug-likeness (QED) is 0.570. The van der Waals surface area contributed by atoms with Crippen LogP contribution in [0, 0.1) is 0 Å². The van der Waals surface area contributed by atoms with Gasteiger partial charge in [0.2, 0.25) is 0 Å². The predicted molar refractivity (Wildman–Crippen MR) is 43.9 cm³/mol. The second-order valence-electron chi connectivity index (χ2n) is 2.77. The number of carbonyl (C=O) groups is 1. The first-order chi connectivity index (χ1) is 6.77. The lowest BCUT2D eigenvalue weighted by Gasteiger charge is -2.16.